The number of halogens is 1. The highest BCUT2D eigenvalue weighted by Crippen LogP contribution is 2.77. The normalized spacial score (nSPS) is 45.1. The van der Waals surface area contributed by atoms with Gasteiger partial charge in [-0.1, -0.05) is 78.8 Å². The second kappa shape index (κ2) is 9.55. The van der Waals surface area contributed by atoms with Gasteiger partial charge in [-0.3, -0.25) is 0 Å². The molecule has 2 bridgehead atoms. The smallest absolute Gasteiger partial charge is 0.177 e. The minimum atomic E-state index is 0. The third-order valence-corrected chi connectivity index (χ3v) is 15.8. The molecule has 2 heterocycles. The summed E-state index contributed by atoms with van der Waals surface area (Å²) in [5.41, 5.74) is 6.31. The maximum atomic E-state index is 6.81. The Morgan fingerprint density at radius 3 is 2.33 bits per heavy atom. The molecule has 8 rings (SSSR count). The van der Waals surface area contributed by atoms with E-state index in [1.165, 1.54) is 74.7 Å². The van der Waals surface area contributed by atoms with Crippen LogP contribution in [0.5, 0.6) is 0 Å². The highest BCUT2D eigenvalue weighted by molar-refractivity contribution is 5.30. The van der Waals surface area contributed by atoms with E-state index < -0.39 is 0 Å². The first-order chi connectivity index (χ1) is 19.8. The first kappa shape index (κ1) is 30.7. The summed E-state index contributed by atoms with van der Waals surface area (Å²) in [6.07, 6.45) is 12.7. The zero-order valence-corrected chi connectivity index (χ0v) is 30.3. The van der Waals surface area contributed by atoms with Gasteiger partial charge in [0.15, 0.2) is 11.4 Å². The van der Waals surface area contributed by atoms with Crippen LogP contribution in [0.2, 0.25) is 0 Å². The van der Waals surface area contributed by atoms with Crippen molar-refractivity contribution in [3.05, 3.63) is 47.3 Å². The second-order valence-electron chi connectivity index (χ2n) is 18.1. The molecule has 0 amide bonds. The zero-order valence-electron chi connectivity index (χ0n) is 28.2. The van der Waals surface area contributed by atoms with Gasteiger partial charge < -0.3 is 28.7 Å². The summed E-state index contributed by atoms with van der Waals surface area (Å²) in [5.74, 6) is 3.03. The number of rotatable bonds is 2. The summed E-state index contributed by atoms with van der Waals surface area (Å²) in [6.45, 7) is 20.3. The molecule has 6 aliphatic rings. The maximum absolute atomic E-state index is 6.81. The van der Waals surface area contributed by atoms with Gasteiger partial charge in [0.1, 0.15) is 13.6 Å². The Morgan fingerprint density at radius 1 is 0.860 bits per heavy atom. The number of ether oxygens (including phenoxy) is 1. The molecule has 9 atom stereocenters. The molecule has 0 unspecified atom stereocenters. The lowest BCUT2D eigenvalue weighted by molar-refractivity contribution is -0.757. The quantitative estimate of drug-likeness (QED) is 0.338. The van der Waals surface area contributed by atoms with E-state index >= 15 is 0 Å². The first-order valence-electron chi connectivity index (χ1n) is 17.4. The van der Waals surface area contributed by atoms with Crippen molar-refractivity contribution in [2.24, 2.45) is 57.8 Å². The largest absolute Gasteiger partial charge is 1.00 e. The average Bonchev–Trinajstić information content (AvgIpc) is 3.43. The molecule has 2 aromatic rings. The molecular weight excluding hydrogens is 641 g/mol. The molecule has 43 heavy (non-hydrogen) atoms. The van der Waals surface area contributed by atoms with Gasteiger partial charge in [0.25, 0.3) is 0 Å². The van der Waals surface area contributed by atoms with Crippen LogP contribution in [0.4, 0.5) is 0 Å². The Kier molecular flexibility index (Phi) is 6.81. The highest BCUT2D eigenvalue weighted by Gasteiger charge is 2.73. The predicted molar refractivity (Wildman–Crippen MR) is 167 cm³/mol. The first-order valence-corrected chi connectivity index (χ1v) is 17.4. The van der Waals surface area contributed by atoms with E-state index in [4.69, 9.17) is 9.95 Å². The van der Waals surface area contributed by atoms with Gasteiger partial charge in [0, 0.05) is 11.8 Å². The molecule has 1 saturated heterocycles. The fourth-order valence-electron chi connectivity index (χ4n) is 13.6. The molecule has 5 aliphatic carbocycles. The van der Waals surface area contributed by atoms with E-state index in [1.807, 2.05) is 0 Å². The Hall–Kier alpha value is -0.950. The summed E-state index contributed by atoms with van der Waals surface area (Å²) in [5, 5.41) is 5.17. The van der Waals surface area contributed by atoms with Gasteiger partial charge in [0.05, 0.1) is 17.9 Å². The molecule has 5 heteroatoms. The minimum absolute atomic E-state index is 0. The summed E-state index contributed by atoms with van der Waals surface area (Å²) in [6, 6.07) is 10.9. The third-order valence-electron chi connectivity index (χ3n) is 15.8. The van der Waals surface area contributed by atoms with Crippen LogP contribution in [-0.2, 0) is 30.2 Å². The van der Waals surface area contributed by atoms with Crippen LogP contribution in [0, 0.1) is 50.7 Å². The standard InChI is InChI=1S/C38H56N3O.HI/c1-33(2)18-20-38-21-19-36(6)26(30(38)32(33)42-24-38)14-15-29-35(5)22-27-31(34(3,4)28(35)16-17-37(29,36)7)41(39-40(27)8)23-25-12-10-9-11-13-25;/h9-13,26,28-30,32H,14-24H2,1-8H3;1H/q+1;/p-1/t26-,28+,29-,30+,32-,35+,36-,37-,38-;/m1./s1. The number of benzene rings is 1. The van der Waals surface area contributed by atoms with E-state index in [0.29, 0.717) is 39.1 Å². The van der Waals surface area contributed by atoms with Crippen molar-refractivity contribution in [1.82, 2.24) is 9.90 Å². The van der Waals surface area contributed by atoms with Crippen LogP contribution < -0.4 is 28.7 Å². The monoisotopic (exact) mass is 697 g/mol. The maximum Gasteiger partial charge on any atom is 0.177 e. The number of aromatic nitrogens is 3. The number of fused-ring (bicyclic) bond motifs is 6. The number of nitrogens with zero attached hydrogens (tertiary/aromatic N) is 3. The fourth-order valence-corrected chi connectivity index (χ4v) is 13.6. The third kappa shape index (κ3) is 3.82. The number of hydrogen-bond donors (Lipinski definition) is 0. The van der Waals surface area contributed by atoms with Gasteiger partial charge in [0.2, 0.25) is 0 Å². The van der Waals surface area contributed by atoms with Gasteiger partial charge in [-0.25, -0.2) is 0 Å². The average molecular weight is 698 g/mol. The van der Waals surface area contributed by atoms with E-state index in [-0.39, 0.29) is 29.4 Å². The van der Waals surface area contributed by atoms with E-state index in [0.717, 1.165) is 30.9 Å². The van der Waals surface area contributed by atoms with E-state index in [2.05, 4.69) is 95.2 Å². The second-order valence-corrected chi connectivity index (χ2v) is 18.1. The molecule has 0 spiro atoms. The van der Waals surface area contributed by atoms with Crippen LogP contribution >= 0.6 is 0 Å². The van der Waals surface area contributed by atoms with Crippen molar-refractivity contribution >= 4 is 0 Å². The van der Waals surface area contributed by atoms with Crippen molar-refractivity contribution in [3.63, 3.8) is 0 Å². The molecule has 4 nitrogen and oxygen atoms in total. The van der Waals surface area contributed by atoms with Crippen LogP contribution in [0.1, 0.15) is 117 Å². The lowest BCUT2D eigenvalue weighted by Gasteiger charge is -2.72. The highest BCUT2D eigenvalue weighted by atomic mass is 127. The topological polar surface area (TPSA) is 30.9 Å². The van der Waals surface area contributed by atoms with Crippen molar-refractivity contribution < 1.29 is 33.4 Å². The molecule has 1 aromatic carbocycles. The van der Waals surface area contributed by atoms with Crippen LogP contribution in [-0.4, -0.2) is 22.6 Å². The lowest BCUT2D eigenvalue weighted by atomic mass is 9.31. The molecular formula is C38H56IN3O. The molecule has 4 saturated carbocycles. The molecule has 0 radical (unpaired) electrons. The van der Waals surface area contributed by atoms with Crippen molar-refractivity contribution in [2.45, 2.75) is 124 Å². The summed E-state index contributed by atoms with van der Waals surface area (Å²) in [7, 11) is 2.21. The Bertz CT molecular complexity index is 1420. The lowest BCUT2D eigenvalue weighted by Crippen LogP contribution is -3.00. The van der Waals surface area contributed by atoms with Crippen molar-refractivity contribution in [2.75, 3.05) is 6.61 Å². The Labute approximate surface area is 278 Å². The van der Waals surface area contributed by atoms with Crippen LogP contribution in [0.3, 0.4) is 0 Å². The van der Waals surface area contributed by atoms with Gasteiger partial charge in [-0.2, -0.15) is 0 Å². The van der Waals surface area contributed by atoms with Gasteiger partial charge in [-0.15, -0.1) is 9.36 Å². The fraction of sp³-hybridized carbons (Fsp3) is 0.789. The molecule has 0 N–H and O–H groups in total. The SMILES string of the molecule is Cn1n[n+](Cc2ccccc2)c2c1C[C@]1(C)[C@H]3CC[C@@H]4[C@H]5[C@H]6OC[C@@]5(CCC6(C)C)CC[C@@]4(C)[C@]3(C)CC[C@H]1C2(C)C.[I-]. The number of hydrogen-bond acceptors (Lipinski definition) is 2. The Morgan fingerprint density at radius 2 is 1.58 bits per heavy atom. The molecule has 236 valence electrons. The van der Waals surface area contributed by atoms with Crippen molar-refractivity contribution in [1.29, 1.82) is 0 Å². The van der Waals surface area contributed by atoms with Gasteiger partial charge in [-0.05, 0) is 108 Å². The molecule has 1 aromatic heterocycles. The Balaban J connectivity index is 0.00000300. The van der Waals surface area contributed by atoms with Crippen molar-refractivity contribution in [3.8, 4) is 0 Å². The van der Waals surface area contributed by atoms with E-state index in [9.17, 15) is 0 Å². The minimum Gasteiger partial charge on any atom is -1.00 e. The zero-order chi connectivity index (χ0) is 29.5. The predicted octanol–water partition coefficient (Wildman–Crippen LogP) is 4.66. The molecule has 1 aliphatic heterocycles. The van der Waals surface area contributed by atoms with Crippen LogP contribution in [0.25, 0.3) is 0 Å². The molecule has 5 fully saturated rings. The summed E-state index contributed by atoms with van der Waals surface area (Å²) >= 11 is 0. The van der Waals surface area contributed by atoms with Crippen LogP contribution in [0.15, 0.2) is 30.3 Å². The number of aryl methyl sites for hydroxylation is 1. The summed E-state index contributed by atoms with van der Waals surface area (Å²) < 4.78 is 11.4. The van der Waals surface area contributed by atoms with Gasteiger partial charge >= 0.3 is 0 Å². The summed E-state index contributed by atoms with van der Waals surface area (Å²) in [4.78, 5) is 0. The van der Waals surface area contributed by atoms with E-state index in [1.54, 1.807) is 0 Å².